The summed E-state index contributed by atoms with van der Waals surface area (Å²) in [5.74, 6) is 0.337. The first-order chi connectivity index (χ1) is 15.7. The van der Waals surface area contributed by atoms with Crippen molar-refractivity contribution in [3.05, 3.63) is 88.4 Å². The van der Waals surface area contributed by atoms with Gasteiger partial charge in [0.2, 0.25) is 0 Å². The van der Waals surface area contributed by atoms with Crippen LogP contribution in [0.15, 0.2) is 72.1 Å². The zero-order valence-corrected chi connectivity index (χ0v) is 18.9. The maximum Gasteiger partial charge on any atom is 0.263 e. The molecule has 2 aliphatic rings. The van der Waals surface area contributed by atoms with E-state index in [0.717, 1.165) is 49.7 Å². The molecule has 2 fully saturated rings. The Labute approximate surface area is 192 Å². The molecule has 0 bridgehead atoms. The van der Waals surface area contributed by atoms with Crippen LogP contribution in [0.2, 0.25) is 0 Å². The minimum Gasteiger partial charge on any atom is -0.369 e. The van der Waals surface area contributed by atoms with Crippen molar-refractivity contribution in [2.45, 2.75) is 5.92 Å². The molecule has 2 atom stereocenters. The molecule has 1 aromatic heterocycles. The van der Waals surface area contributed by atoms with E-state index in [2.05, 4.69) is 40.1 Å². The molecule has 5 rings (SSSR count). The molecule has 32 heavy (non-hydrogen) atoms. The second-order valence-corrected chi connectivity index (χ2v) is 9.68. The van der Waals surface area contributed by atoms with Crippen molar-refractivity contribution in [1.29, 1.82) is 0 Å². The molecule has 166 valence electrons. The first-order valence-corrected chi connectivity index (χ1v) is 12.2. The van der Waals surface area contributed by atoms with Gasteiger partial charge in [-0.25, -0.2) is 4.39 Å². The Kier molecular flexibility index (Phi) is 6.23. The number of likely N-dealkylation sites (tertiary alicyclic amines) is 1. The maximum atomic E-state index is 14.0. The molecule has 0 radical (unpaired) electrons. The molecule has 1 amide bonds. The summed E-state index contributed by atoms with van der Waals surface area (Å²) in [4.78, 5) is 20.7. The Bertz CT molecular complexity index is 1030. The highest BCUT2D eigenvalue weighted by atomic mass is 32.1. The van der Waals surface area contributed by atoms with Gasteiger partial charge in [0.1, 0.15) is 5.82 Å². The Morgan fingerprint density at radius 2 is 1.75 bits per heavy atom. The summed E-state index contributed by atoms with van der Waals surface area (Å²) in [5, 5.41) is 1.94. The van der Waals surface area contributed by atoms with E-state index < -0.39 is 0 Å². The molecular weight excluding hydrogens is 421 g/mol. The monoisotopic (exact) mass is 449 g/mol. The van der Waals surface area contributed by atoms with E-state index in [1.807, 2.05) is 28.5 Å². The molecule has 2 aromatic carbocycles. The molecular formula is C26H28FN3OS. The van der Waals surface area contributed by atoms with Crippen molar-refractivity contribution in [2.75, 3.05) is 50.7 Å². The van der Waals surface area contributed by atoms with Gasteiger partial charge in [-0.2, -0.15) is 0 Å². The normalized spacial score (nSPS) is 21.8. The number of hydrogen-bond acceptors (Lipinski definition) is 4. The van der Waals surface area contributed by atoms with Gasteiger partial charge in [0, 0.05) is 57.4 Å². The van der Waals surface area contributed by atoms with Crippen LogP contribution in [0.5, 0.6) is 0 Å². The molecule has 2 aliphatic heterocycles. The number of hydrogen-bond donors (Lipinski definition) is 0. The number of piperazine rings is 1. The van der Waals surface area contributed by atoms with Gasteiger partial charge >= 0.3 is 0 Å². The third-order valence-corrected chi connectivity index (χ3v) is 7.58. The van der Waals surface area contributed by atoms with Gasteiger partial charge in [0.05, 0.1) is 4.88 Å². The molecule has 0 aliphatic carbocycles. The minimum absolute atomic E-state index is 0.0952. The number of carbonyl (C=O) groups excluding carboxylic acids is 1. The highest BCUT2D eigenvalue weighted by Crippen LogP contribution is 2.35. The first kappa shape index (κ1) is 21.2. The molecule has 2 saturated heterocycles. The van der Waals surface area contributed by atoms with Crippen LogP contribution in [0.4, 0.5) is 10.1 Å². The van der Waals surface area contributed by atoms with Crippen LogP contribution in [0.3, 0.4) is 0 Å². The van der Waals surface area contributed by atoms with Crippen LogP contribution in [0, 0.1) is 11.7 Å². The van der Waals surface area contributed by atoms with Crippen molar-refractivity contribution < 1.29 is 9.18 Å². The fourth-order valence-electron chi connectivity index (χ4n) is 5.05. The van der Waals surface area contributed by atoms with E-state index in [4.69, 9.17) is 0 Å². The van der Waals surface area contributed by atoms with Crippen molar-refractivity contribution in [1.82, 2.24) is 9.80 Å². The van der Waals surface area contributed by atoms with Crippen LogP contribution in [-0.2, 0) is 0 Å². The lowest BCUT2D eigenvalue weighted by Gasteiger charge is -2.37. The number of amides is 1. The van der Waals surface area contributed by atoms with Crippen LogP contribution >= 0.6 is 11.3 Å². The summed E-state index contributed by atoms with van der Waals surface area (Å²) in [5.41, 5.74) is 2.28. The smallest absolute Gasteiger partial charge is 0.263 e. The fourth-order valence-corrected chi connectivity index (χ4v) is 5.74. The topological polar surface area (TPSA) is 26.8 Å². The average molecular weight is 450 g/mol. The Morgan fingerprint density at radius 1 is 0.938 bits per heavy atom. The van der Waals surface area contributed by atoms with Crippen LogP contribution < -0.4 is 4.90 Å². The zero-order chi connectivity index (χ0) is 21.9. The quantitative estimate of drug-likeness (QED) is 0.571. The minimum atomic E-state index is -0.208. The van der Waals surface area contributed by atoms with E-state index in [0.29, 0.717) is 12.5 Å². The fraction of sp³-hybridized carbons (Fsp3) is 0.346. The number of benzene rings is 2. The Hall–Kier alpha value is -2.70. The van der Waals surface area contributed by atoms with Crippen LogP contribution in [0.1, 0.15) is 21.2 Å². The zero-order valence-electron chi connectivity index (χ0n) is 18.1. The molecule has 0 unspecified atom stereocenters. The molecule has 0 N–H and O–H groups in total. The van der Waals surface area contributed by atoms with Gasteiger partial charge in [-0.15, -0.1) is 11.3 Å². The summed E-state index contributed by atoms with van der Waals surface area (Å²) in [6.07, 6.45) is 0. The summed E-state index contributed by atoms with van der Waals surface area (Å²) < 4.78 is 14.0. The Balaban J connectivity index is 1.28. The maximum absolute atomic E-state index is 14.0. The molecule has 0 saturated carbocycles. The molecule has 3 aromatic rings. The lowest BCUT2D eigenvalue weighted by molar-refractivity contribution is 0.0787. The van der Waals surface area contributed by atoms with Gasteiger partial charge in [-0.05, 0) is 47.2 Å². The van der Waals surface area contributed by atoms with Crippen molar-refractivity contribution in [2.24, 2.45) is 5.92 Å². The summed E-state index contributed by atoms with van der Waals surface area (Å²) >= 11 is 1.49. The second kappa shape index (κ2) is 9.43. The van der Waals surface area contributed by atoms with Crippen molar-refractivity contribution in [3.63, 3.8) is 0 Å². The number of carbonyl (C=O) groups is 1. The SMILES string of the molecule is O=C(c1cccs1)N1C[C@H](CN2CCN(c3ccccc3)CC2)[C@H](c2cccc(F)c2)C1. The first-order valence-electron chi connectivity index (χ1n) is 11.3. The van der Waals surface area contributed by atoms with Gasteiger partial charge in [0.25, 0.3) is 5.91 Å². The number of anilines is 1. The van der Waals surface area contributed by atoms with Gasteiger partial charge < -0.3 is 9.80 Å². The molecule has 4 nitrogen and oxygen atoms in total. The number of rotatable bonds is 5. The average Bonchev–Trinajstić information content (AvgIpc) is 3.50. The largest absolute Gasteiger partial charge is 0.369 e. The Morgan fingerprint density at radius 3 is 2.47 bits per heavy atom. The molecule has 0 spiro atoms. The van der Waals surface area contributed by atoms with E-state index >= 15 is 0 Å². The third-order valence-electron chi connectivity index (χ3n) is 6.72. The summed E-state index contributed by atoms with van der Waals surface area (Å²) in [6.45, 7) is 6.29. The predicted molar refractivity (Wildman–Crippen MR) is 128 cm³/mol. The number of para-hydroxylation sites is 1. The second-order valence-electron chi connectivity index (χ2n) is 8.73. The van der Waals surface area contributed by atoms with Gasteiger partial charge in [0.15, 0.2) is 0 Å². The van der Waals surface area contributed by atoms with E-state index in [1.54, 1.807) is 12.1 Å². The van der Waals surface area contributed by atoms with Crippen LogP contribution in [0.25, 0.3) is 0 Å². The standard InChI is InChI=1S/C26H28FN3OS/c27-22-7-4-6-20(16-22)24-19-30(26(31)25-10-5-15-32-25)18-21(24)17-28-11-13-29(14-12-28)23-8-2-1-3-9-23/h1-10,15-16,21,24H,11-14,17-19H2/t21-,24-/m0/s1. The molecule has 6 heteroatoms. The number of thiophene rings is 1. The van der Waals surface area contributed by atoms with E-state index in [9.17, 15) is 9.18 Å². The summed E-state index contributed by atoms with van der Waals surface area (Å²) in [7, 11) is 0. The van der Waals surface area contributed by atoms with E-state index in [-0.39, 0.29) is 17.6 Å². The van der Waals surface area contributed by atoms with Gasteiger partial charge in [-0.3, -0.25) is 9.69 Å². The van der Waals surface area contributed by atoms with Gasteiger partial charge in [-0.1, -0.05) is 36.4 Å². The molecule has 3 heterocycles. The summed E-state index contributed by atoms with van der Waals surface area (Å²) in [6, 6.07) is 21.3. The lowest BCUT2D eigenvalue weighted by Crippen LogP contribution is -2.48. The highest BCUT2D eigenvalue weighted by Gasteiger charge is 2.38. The number of nitrogens with zero attached hydrogens (tertiary/aromatic N) is 3. The van der Waals surface area contributed by atoms with E-state index in [1.165, 1.54) is 23.1 Å². The predicted octanol–water partition coefficient (Wildman–Crippen LogP) is 4.57. The van der Waals surface area contributed by atoms with Crippen molar-refractivity contribution in [3.8, 4) is 0 Å². The lowest BCUT2D eigenvalue weighted by atomic mass is 9.88. The third kappa shape index (κ3) is 4.57. The van der Waals surface area contributed by atoms with Crippen molar-refractivity contribution >= 4 is 22.9 Å². The van der Waals surface area contributed by atoms with Crippen LogP contribution in [-0.4, -0.2) is 61.5 Å². The highest BCUT2D eigenvalue weighted by molar-refractivity contribution is 7.12. The number of halogens is 1.